The quantitative estimate of drug-likeness (QED) is 0.900. The van der Waals surface area contributed by atoms with E-state index in [2.05, 4.69) is 39.7 Å². The molecule has 1 aromatic rings. The van der Waals surface area contributed by atoms with E-state index in [1.807, 2.05) is 0 Å². The summed E-state index contributed by atoms with van der Waals surface area (Å²) in [4.78, 5) is 19.0. The first-order valence-corrected chi connectivity index (χ1v) is 8.89. The van der Waals surface area contributed by atoms with Crippen molar-refractivity contribution < 1.29 is 8.42 Å². The molecule has 0 aromatic carbocycles. The van der Waals surface area contributed by atoms with Gasteiger partial charge in [0.2, 0.25) is 0 Å². The van der Waals surface area contributed by atoms with Crippen molar-refractivity contribution in [2.45, 2.75) is 32.6 Å². The molecule has 7 heteroatoms. The van der Waals surface area contributed by atoms with Crippen molar-refractivity contribution in [3.63, 3.8) is 0 Å². The zero-order valence-corrected chi connectivity index (χ0v) is 13.3. The van der Waals surface area contributed by atoms with Crippen LogP contribution >= 0.6 is 15.9 Å². The summed E-state index contributed by atoms with van der Waals surface area (Å²) in [6.07, 6.45) is 1.23. The molecule has 1 aromatic heterocycles. The molecule has 0 radical (unpaired) electrons. The molecule has 2 rings (SSSR count). The number of rotatable bonds is 3. The van der Waals surface area contributed by atoms with Crippen LogP contribution < -0.4 is 5.56 Å². The summed E-state index contributed by atoms with van der Waals surface area (Å²) in [7, 11) is -2.98. The molecule has 0 bridgehead atoms. The zero-order chi connectivity index (χ0) is 14.2. The smallest absolute Gasteiger partial charge is 0.265 e. The average Bonchev–Trinajstić information content (AvgIpc) is 2.64. The minimum atomic E-state index is -2.98. The Hall–Kier alpha value is -0.690. The summed E-state index contributed by atoms with van der Waals surface area (Å²) in [5.41, 5.74) is 0.475. The van der Waals surface area contributed by atoms with E-state index in [-0.39, 0.29) is 23.0 Å². The molecular formula is C12H17BrN2O3S. The van der Waals surface area contributed by atoms with Crippen molar-refractivity contribution in [3.8, 4) is 0 Å². The van der Waals surface area contributed by atoms with Crippen molar-refractivity contribution in [1.82, 2.24) is 9.97 Å². The molecule has 0 aliphatic carbocycles. The fourth-order valence-electron chi connectivity index (χ4n) is 2.25. The molecule has 1 saturated heterocycles. The monoisotopic (exact) mass is 348 g/mol. The Bertz CT molecular complexity index is 637. The van der Waals surface area contributed by atoms with Gasteiger partial charge < -0.3 is 4.98 Å². The molecule has 5 nitrogen and oxygen atoms in total. The second-order valence-electron chi connectivity index (χ2n) is 5.41. The maximum Gasteiger partial charge on any atom is 0.265 e. The lowest BCUT2D eigenvalue weighted by Gasteiger charge is -2.11. The van der Waals surface area contributed by atoms with Crippen LogP contribution in [0, 0.1) is 5.92 Å². The molecule has 1 fully saturated rings. The molecule has 1 unspecified atom stereocenters. The van der Waals surface area contributed by atoms with E-state index in [0.717, 1.165) is 0 Å². The van der Waals surface area contributed by atoms with Crippen LogP contribution in [0.25, 0.3) is 0 Å². The molecule has 1 aliphatic heterocycles. The predicted octanol–water partition coefficient (Wildman–Crippen LogP) is 1.63. The van der Waals surface area contributed by atoms with E-state index in [1.165, 1.54) is 0 Å². The maximum atomic E-state index is 11.9. The van der Waals surface area contributed by atoms with Gasteiger partial charge in [0.25, 0.3) is 5.56 Å². The number of hydrogen-bond acceptors (Lipinski definition) is 4. The van der Waals surface area contributed by atoms with Crippen molar-refractivity contribution in [3.05, 3.63) is 26.3 Å². The highest BCUT2D eigenvalue weighted by molar-refractivity contribution is 9.10. The number of sulfone groups is 1. The summed E-state index contributed by atoms with van der Waals surface area (Å²) < 4.78 is 23.4. The molecule has 1 aliphatic rings. The minimum Gasteiger partial charge on any atom is -0.309 e. The van der Waals surface area contributed by atoms with Crippen molar-refractivity contribution >= 4 is 25.8 Å². The van der Waals surface area contributed by atoms with Crippen LogP contribution in [0.15, 0.2) is 9.27 Å². The summed E-state index contributed by atoms with van der Waals surface area (Å²) >= 11 is 3.25. The highest BCUT2D eigenvalue weighted by atomic mass is 79.9. The van der Waals surface area contributed by atoms with Crippen LogP contribution in [0.4, 0.5) is 0 Å². The summed E-state index contributed by atoms with van der Waals surface area (Å²) in [5, 5.41) is 0. The van der Waals surface area contributed by atoms with E-state index in [9.17, 15) is 13.2 Å². The van der Waals surface area contributed by atoms with Gasteiger partial charge in [-0.25, -0.2) is 13.4 Å². The van der Waals surface area contributed by atoms with Crippen LogP contribution in [0.3, 0.4) is 0 Å². The lowest BCUT2D eigenvalue weighted by atomic mass is 10.1. The maximum absolute atomic E-state index is 11.9. The third-order valence-electron chi connectivity index (χ3n) is 3.17. The van der Waals surface area contributed by atoms with Gasteiger partial charge in [-0.2, -0.15) is 0 Å². The van der Waals surface area contributed by atoms with Crippen LogP contribution in [-0.2, 0) is 16.3 Å². The van der Waals surface area contributed by atoms with Crippen LogP contribution in [0.2, 0.25) is 0 Å². The zero-order valence-electron chi connectivity index (χ0n) is 10.9. The highest BCUT2D eigenvalue weighted by Crippen LogP contribution is 2.27. The average molecular weight is 349 g/mol. The molecule has 0 amide bonds. The summed E-state index contributed by atoms with van der Waals surface area (Å²) in [5.74, 6) is 0.961. The molecule has 106 valence electrons. The minimum absolute atomic E-state index is 0.0820. The van der Waals surface area contributed by atoms with Gasteiger partial charge >= 0.3 is 0 Å². The third kappa shape index (κ3) is 3.45. The van der Waals surface area contributed by atoms with Gasteiger partial charge in [-0.1, -0.05) is 13.8 Å². The van der Waals surface area contributed by atoms with E-state index in [0.29, 0.717) is 34.8 Å². The van der Waals surface area contributed by atoms with Gasteiger partial charge in [0.1, 0.15) is 10.3 Å². The van der Waals surface area contributed by atoms with E-state index >= 15 is 0 Å². The van der Waals surface area contributed by atoms with Gasteiger partial charge in [-0.05, 0) is 34.7 Å². The van der Waals surface area contributed by atoms with Crippen LogP contribution in [-0.4, -0.2) is 29.9 Å². The Morgan fingerprint density at radius 3 is 2.68 bits per heavy atom. The fraction of sp³-hybridized carbons (Fsp3) is 0.667. The standard InChI is InChI=1S/C12H17BrN2O3S/c1-7(2)5-9-10(13)12(16)15-11(14-9)8-3-4-19(17,18)6-8/h7-8H,3-6H2,1-2H3,(H,14,15,16). The number of H-pyrrole nitrogens is 1. The molecule has 1 atom stereocenters. The van der Waals surface area contributed by atoms with Gasteiger partial charge in [-0.3, -0.25) is 4.79 Å². The first-order valence-electron chi connectivity index (χ1n) is 6.27. The van der Waals surface area contributed by atoms with Gasteiger partial charge in [0, 0.05) is 5.92 Å². The van der Waals surface area contributed by atoms with Gasteiger partial charge in [0.05, 0.1) is 17.2 Å². The SMILES string of the molecule is CC(C)Cc1nc(C2CCS(=O)(=O)C2)[nH]c(=O)c1Br. The largest absolute Gasteiger partial charge is 0.309 e. The predicted molar refractivity (Wildman–Crippen MR) is 77.1 cm³/mol. The summed E-state index contributed by atoms with van der Waals surface area (Å²) in [6, 6.07) is 0. The highest BCUT2D eigenvalue weighted by Gasteiger charge is 2.31. The van der Waals surface area contributed by atoms with Crippen LogP contribution in [0.1, 0.15) is 37.7 Å². The Morgan fingerprint density at radius 2 is 2.16 bits per heavy atom. The number of aromatic amines is 1. The summed E-state index contributed by atoms with van der Waals surface area (Å²) in [6.45, 7) is 4.10. The topological polar surface area (TPSA) is 79.9 Å². The van der Waals surface area contributed by atoms with Crippen molar-refractivity contribution in [2.24, 2.45) is 5.92 Å². The molecule has 1 N–H and O–H groups in total. The Labute approximate surface area is 120 Å². The third-order valence-corrected chi connectivity index (χ3v) is 5.76. The Kier molecular flexibility index (Phi) is 4.15. The number of halogens is 1. The molecule has 2 heterocycles. The Balaban J connectivity index is 2.37. The van der Waals surface area contributed by atoms with E-state index < -0.39 is 9.84 Å². The molecule has 0 spiro atoms. The lowest BCUT2D eigenvalue weighted by molar-refractivity contribution is 0.599. The number of aromatic nitrogens is 2. The van der Waals surface area contributed by atoms with Crippen molar-refractivity contribution in [2.75, 3.05) is 11.5 Å². The molecule has 19 heavy (non-hydrogen) atoms. The first-order chi connectivity index (χ1) is 8.78. The molecular weight excluding hydrogens is 332 g/mol. The second-order valence-corrected chi connectivity index (χ2v) is 8.43. The number of nitrogens with one attached hydrogen (secondary N) is 1. The van der Waals surface area contributed by atoms with E-state index in [4.69, 9.17) is 0 Å². The Morgan fingerprint density at radius 1 is 1.47 bits per heavy atom. The lowest BCUT2D eigenvalue weighted by Crippen LogP contribution is -2.19. The van der Waals surface area contributed by atoms with Crippen LogP contribution in [0.5, 0.6) is 0 Å². The number of hydrogen-bond donors (Lipinski definition) is 1. The molecule has 0 saturated carbocycles. The van der Waals surface area contributed by atoms with Crippen molar-refractivity contribution in [1.29, 1.82) is 0 Å². The first kappa shape index (κ1) is 14.7. The van der Waals surface area contributed by atoms with E-state index in [1.54, 1.807) is 0 Å². The second kappa shape index (κ2) is 5.36. The fourth-order valence-corrected chi connectivity index (χ4v) is 4.35. The van der Waals surface area contributed by atoms with Gasteiger partial charge in [0.15, 0.2) is 9.84 Å². The number of nitrogens with zero attached hydrogens (tertiary/aromatic N) is 1. The normalized spacial score (nSPS) is 22.0. The van der Waals surface area contributed by atoms with Gasteiger partial charge in [-0.15, -0.1) is 0 Å².